The van der Waals surface area contributed by atoms with Crippen LogP contribution in [-0.2, 0) is 6.18 Å². The summed E-state index contributed by atoms with van der Waals surface area (Å²) >= 11 is 2.71. The van der Waals surface area contributed by atoms with Crippen LogP contribution < -0.4 is 10.5 Å². The quantitative estimate of drug-likeness (QED) is 0.627. The molecular weight excluding hydrogens is 320 g/mol. The van der Waals surface area contributed by atoms with E-state index in [-0.39, 0.29) is 4.47 Å². The van der Waals surface area contributed by atoms with Gasteiger partial charge in [0.2, 0.25) is 0 Å². The minimum absolute atomic E-state index is 0.121. The molecule has 0 saturated heterocycles. The van der Waals surface area contributed by atoms with Gasteiger partial charge >= 0.3 is 12.5 Å². The van der Waals surface area contributed by atoms with Crippen LogP contribution in [0.1, 0.15) is 5.56 Å². The van der Waals surface area contributed by atoms with E-state index in [1.165, 1.54) is 0 Å². The second-order valence-electron chi connectivity index (χ2n) is 2.88. The van der Waals surface area contributed by atoms with Crippen molar-refractivity contribution in [3.63, 3.8) is 0 Å². The van der Waals surface area contributed by atoms with Gasteiger partial charge in [-0.3, -0.25) is 0 Å². The second kappa shape index (κ2) is 4.28. The van der Waals surface area contributed by atoms with E-state index in [9.17, 15) is 26.3 Å². The van der Waals surface area contributed by atoms with E-state index >= 15 is 0 Å². The Hall–Kier alpha value is -1.12. The molecule has 0 atom stereocenters. The Kier molecular flexibility index (Phi) is 3.51. The first-order chi connectivity index (χ1) is 7.52. The summed E-state index contributed by atoms with van der Waals surface area (Å²) in [5.74, 6) is -1.46. The molecule has 0 radical (unpaired) electrons. The summed E-state index contributed by atoms with van der Waals surface area (Å²) in [7, 11) is 0. The maximum absolute atomic E-state index is 12.4. The highest BCUT2D eigenvalue weighted by Crippen LogP contribution is 2.44. The number of benzene rings is 1. The van der Waals surface area contributed by atoms with Crippen molar-refractivity contribution in [2.45, 2.75) is 12.5 Å². The van der Waals surface area contributed by atoms with Gasteiger partial charge in [0.15, 0.2) is 5.75 Å². The molecule has 0 aliphatic carbocycles. The lowest BCUT2D eigenvalue weighted by Gasteiger charge is -2.17. The predicted molar refractivity (Wildman–Crippen MR) is 50.2 cm³/mol. The highest BCUT2D eigenvalue weighted by molar-refractivity contribution is 9.10. The van der Waals surface area contributed by atoms with E-state index in [4.69, 9.17) is 5.73 Å². The standard InChI is InChI=1S/C8H4BrF6NO/c9-4-2-1-3(7(10,11)12)6(5(4)16)17-8(13,14)15/h1-2H,16H2. The van der Waals surface area contributed by atoms with Crippen LogP contribution in [0, 0.1) is 0 Å². The molecule has 0 aliphatic heterocycles. The van der Waals surface area contributed by atoms with Crippen LogP contribution in [0.2, 0.25) is 0 Å². The molecule has 0 aliphatic rings. The Labute approximate surface area is 99.5 Å². The number of ether oxygens (including phenoxy) is 1. The molecular formula is C8H4BrF6NO. The van der Waals surface area contributed by atoms with Crippen LogP contribution in [0.3, 0.4) is 0 Å². The van der Waals surface area contributed by atoms with Gasteiger partial charge in [0.05, 0.1) is 5.69 Å². The van der Waals surface area contributed by atoms with Gasteiger partial charge in [0, 0.05) is 4.47 Å². The summed E-state index contributed by atoms with van der Waals surface area (Å²) in [6, 6.07) is 1.34. The molecule has 2 N–H and O–H groups in total. The number of rotatable bonds is 1. The molecule has 0 fully saturated rings. The van der Waals surface area contributed by atoms with Crippen LogP contribution in [0.15, 0.2) is 16.6 Å². The molecule has 9 heteroatoms. The zero-order valence-electron chi connectivity index (χ0n) is 7.79. The first kappa shape index (κ1) is 13.9. The first-order valence-corrected chi connectivity index (χ1v) is 4.72. The highest BCUT2D eigenvalue weighted by atomic mass is 79.9. The highest BCUT2D eigenvalue weighted by Gasteiger charge is 2.40. The maximum atomic E-state index is 12.4. The Bertz CT molecular complexity index is 427. The van der Waals surface area contributed by atoms with Gasteiger partial charge in [0.25, 0.3) is 0 Å². The van der Waals surface area contributed by atoms with E-state index in [1.54, 1.807) is 0 Å². The van der Waals surface area contributed by atoms with Crippen molar-refractivity contribution < 1.29 is 31.1 Å². The maximum Gasteiger partial charge on any atom is 0.573 e. The number of nitrogens with two attached hydrogens (primary N) is 1. The fraction of sp³-hybridized carbons (Fsp3) is 0.250. The normalized spacial score (nSPS) is 12.6. The molecule has 1 aromatic carbocycles. The summed E-state index contributed by atoms with van der Waals surface area (Å²) < 4.78 is 76.3. The molecule has 1 rings (SSSR count). The molecule has 0 spiro atoms. The lowest BCUT2D eigenvalue weighted by Crippen LogP contribution is -2.21. The average molecular weight is 324 g/mol. The van der Waals surface area contributed by atoms with Gasteiger partial charge in [-0.15, -0.1) is 13.2 Å². The Balaban J connectivity index is 3.37. The molecule has 0 aromatic heterocycles. The third kappa shape index (κ3) is 3.42. The van der Waals surface area contributed by atoms with Crippen molar-refractivity contribution >= 4 is 21.6 Å². The number of alkyl halides is 6. The Morgan fingerprint density at radius 1 is 1.06 bits per heavy atom. The SMILES string of the molecule is Nc1c(Br)ccc(C(F)(F)F)c1OC(F)(F)F. The van der Waals surface area contributed by atoms with Crippen molar-refractivity contribution in [2.24, 2.45) is 0 Å². The van der Waals surface area contributed by atoms with Crippen LogP contribution in [0.5, 0.6) is 5.75 Å². The molecule has 0 heterocycles. The molecule has 2 nitrogen and oxygen atoms in total. The van der Waals surface area contributed by atoms with Gasteiger partial charge in [-0.05, 0) is 28.1 Å². The molecule has 0 unspecified atom stereocenters. The number of hydrogen-bond acceptors (Lipinski definition) is 2. The van der Waals surface area contributed by atoms with Gasteiger partial charge in [-0.25, -0.2) is 0 Å². The smallest absolute Gasteiger partial charge is 0.403 e. The molecule has 1 aromatic rings. The monoisotopic (exact) mass is 323 g/mol. The van der Waals surface area contributed by atoms with E-state index in [1.807, 2.05) is 0 Å². The van der Waals surface area contributed by atoms with Gasteiger partial charge in [-0.1, -0.05) is 0 Å². The summed E-state index contributed by atoms with van der Waals surface area (Å²) in [5, 5.41) is 0. The fourth-order valence-corrected chi connectivity index (χ4v) is 1.34. The number of hydrogen-bond donors (Lipinski definition) is 1. The summed E-state index contributed by atoms with van der Waals surface area (Å²) in [6.07, 6.45) is -10.2. The van der Waals surface area contributed by atoms with Crippen LogP contribution in [-0.4, -0.2) is 6.36 Å². The lowest BCUT2D eigenvalue weighted by molar-refractivity contribution is -0.276. The van der Waals surface area contributed by atoms with Crippen molar-refractivity contribution in [3.8, 4) is 5.75 Å². The molecule has 0 bridgehead atoms. The van der Waals surface area contributed by atoms with Crippen LogP contribution >= 0.6 is 15.9 Å². The zero-order valence-corrected chi connectivity index (χ0v) is 9.37. The lowest BCUT2D eigenvalue weighted by atomic mass is 10.1. The van der Waals surface area contributed by atoms with E-state index in [2.05, 4.69) is 20.7 Å². The molecule has 17 heavy (non-hydrogen) atoms. The van der Waals surface area contributed by atoms with Crippen molar-refractivity contribution in [1.82, 2.24) is 0 Å². The topological polar surface area (TPSA) is 35.2 Å². The Morgan fingerprint density at radius 2 is 1.59 bits per heavy atom. The van der Waals surface area contributed by atoms with Crippen LogP contribution in [0.4, 0.5) is 32.0 Å². The largest absolute Gasteiger partial charge is 0.573 e. The minimum Gasteiger partial charge on any atom is -0.403 e. The second-order valence-corrected chi connectivity index (χ2v) is 3.74. The van der Waals surface area contributed by atoms with Gasteiger partial charge in [-0.2, -0.15) is 13.2 Å². The van der Waals surface area contributed by atoms with Crippen molar-refractivity contribution in [3.05, 3.63) is 22.2 Å². The van der Waals surface area contributed by atoms with Crippen molar-refractivity contribution in [2.75, 3.05) is 5.73 Å². The fourth-order valence-electron chi connectivity index (χ4n) is 1.02. The number of nitrogen functional groups attached to an aromatic ring is 1. The zero-order chi connectivity index (χ0) is 13.4. The summed E-state index contributed by atoms with van der Waals surface area (Å²) in [6.45, 7) is 0. The first-order valence-electron chi connectivity index (χ1n) is 3.93. The Morgan fingerprint density at radius 3 is 2.00 bits per heavy atom. The number of halogens is 7. The van der Waals surface area contributed by atoms with Gasteiger partial charge < -0.3 is 10.5 Å². The van der Waals surface area contributed by atoms with Crippen LogP contribution in [0.25, 0.3) is 0 Å². The third-order valence-electron chi connectivity index (χ3n) is 1.67. The van der Waals surface area contributed by atoms with Gasteiger partial charge in [0.1, 0.15) is 5.56 Å². The molecule has 0 saturated carbocycles. The summed E-state index contributed by atoms with van der Waals surface area (Å²) in [4.78, 5) is 0. The average Bonchev–Trinajstić information content (AvgIpc) is 2.08. The van der Waals surface area contributed by atoms with E-state index < -0.39 is 29.5 Å². The van der Waals surface area contributed by atoms with E-state index in [0.29, 0.717) is 6.07 Å². The number of anilines is 1. The molecule has 0 amide bonds. The van der Waals surface area contributed by atoms with Crippen molar-refractivity contribution in [1.29, 1.82) is 0 Å². The predicted octanol–water partition coefficient (Wildman–Crippen LogP) is 3.95. The molecule has 96 valence electrons. The minimum atomic E-state index is -5.26. The summed E-state index contributed by atoms with van der Waals surface area (Å²) in [5.41, 5.74) is 2.76. The third-order valence-corrected chi connectivity index (χ3v) is 2.36. The van der Waals surface area contributed by atoms with E-state index in [0.717, 1.165) is 6.07 Å².